The predicted octanol–water partition coefficient (Wildman–Crippen LogP) is 6.22. The summed E-state index contributed by atoms with van der Waals surface area (Å²) in [6.45, 7) is 10.1. The van der Waals surface area contributed by atoms with E-state index in [-0.39, 0.29) is 34.9 Å². The zero-order chi connectivity index (χ0) is 24.8. The van der Waals surface area contributed by atoms with E-state index < -0.39 is 11.4 Å². The van der Waals surface area contributed by atoms with Gasteiger partial charge in [0, 0.05) is 6.54 Å². The Morgan fingerprint density at radius 3 is 2.71 bits per heavy atom. The standard InChI is InChI=1S/C23H28BrClFN5O2S/c1-6-8-13-14-10-9-12(31(14)22(32)33-23(3,4)5)11-30(13)20-15-17(27-21(29-20)34-7-2)16(26)19(25)28-18(15)24/h6,8,12-14H,7,9-11H2,1-5H3/b8-6-/t12-,13-,14+/m1/s1. The topological polar surface area (TPSA) is 71.5 Å². The predicted molar refractivity (Wildman–Crippen MR) is 137 cm³/mol. The third kappa shape index (κ3) is 4.73. The molecule has 2 aliphatic rings. The number of pyridine rings is 1. The molecule has 2 saturated heterocycles. The van der Waals surface area contributed by atoms with Crippen LogP contribution in [0.25, 0.3) is 10.9 Å². The molecule has 7 nitrogen and oxygen atoms in total. The van der Waals surface area contributed by atoms with Gasteiger partial charge in [-0.3, -0.25) is 4.90 Å². The molecular formula is C23H28BrClFN5O2S. The van der Waals surface area contributed by atoms with Crippen LogP contribution >= 0.6 is 39.3 Å². The summed E-state index contributed by atoms with van der Waals surface area (Å²) in [6, 6.07) is -0.307. The minimum absolute atomic E-state index is 0.0440. The number of rotatable bonds is 4. The van der Waals surface area contributed by atoms with E-state index in [1.165, 1.54) is 11.8 Å². The van der Waals surface area contributed by atoms with Crippen LogP contribution in [0.3, 0.4) is 0 Å². The molecule has 3 atom stereocenters. The SMILES string of the molecule is C/C=C\[C@@H]1[C@@H]2CC[C@H](CN1c1nc(SCC)nc3c(F)c(Cl)nc(Br)c13)N2C(=O)OC(C)(C)C. The minimum Gasteiger partial charge on any atom is -0.444 e. The van der Waals surface area contributed by atoms with Crippen molar-refractivity contribution >= 4 is 62.1 Å². The van der Waals surface area contributed by atoms with Crippen LogP contribution in [-0.4, -0.2) is 62.0 Å². The molecule has 2 fully saturated rings. The number of fused-ring (bicyclic) bond motifs is 3. The monoisotopic (exact) mass is 571 g/mol. The fourth-order valence-corrected chi connectivity index (χ4v) is 6.09. The van der Waals surface area contributed by atoms with Crippen molar-refractivity contribution in [2.75, 3.05) is 17.2 Å². The Labute approximate surface area is 216 Å². The molecule has 2 aromatic heterocycles. The zero-order valence-corrected chi connectivity index (χ0v) is 23.0. The average molecular weight is 573 g/mol. The summed E-state index contributed by atoms with van der Waals surface area (Å²) < 4.78 is 21.2. The molecule has 2 aliphatic heterocycles. The Morgan fingerprint density at radius 2 is 2.06 bits per heavy atom. The summed E-state index contributed by atoms with van der Waals surface area (Å²) in [5.41, 5.74) is -0.444. The first-order chi connectivity index (χ1) is 16.1. The van der Waals surface area contributed by atoms with Gasteiger partial charge in [0.05, 0.1) is 23.5 Å². The average Bonchev–Trinajstić information content (AvgIpc) is 3.08. The van der Waals surface area contributed by atoms with Crippen LogP contribution in [0.15, 0.2) is 21.9 Å². The van der Waals surface area contributed by atoms with E-state index in [1.54, 1.807) is 0 Å². The first kappa shape index (κ1) is 25.4. The Bertz CT molecular complexity index is 1140. The van der Waals surface area contributed by atoms with E-state index in [2.05, 4.69) is 36.9 Å². The lowest BCUT2D eigenvalue weighted by Gasteiger charge is -2.46. The molecule has 11 heteroatoms. The molecule has 0 aromatic carbocycles. The number of hydrogen-bond acceptors (Lipinski definition) is 7. The van der Waals surface area contributed by atoms with Gasteiger partial charge in [0.2, 0.25) is 0 Å². The summed E-state index contributed by atoms with van der Waals surface area (Å²) in [7, 11) is 0. The van der Waals surface area contributed by atoms with Crippen LogP contribution < -0.4 is 4.90 Å². The van der Waals surface area contributed by atoms with Gasteiger partial charge >= 0.3 is 6.09 Å². The number of carbonyl (C=O) groups excluding carboxylic acids is 1. The zero-order valence-electron chi connectivity index (χ0n) is 19.8. The Morgan fingerprint density at radius 1 is 1.32 bits per heavy atom. The molecule has 0 unspecified atom stereocenters. The molecule has 0 N–H and O–H groups in total. The largest absolute Gasteiger partial charge is 0.444 e. The lowest BCUT2D eigenvalue weighted by molar-refractivity contribution is 0.00952. The maximum atomic E-state index is 15.1. The Kier molecular flexibility index (Phi) is 7.32. The van der Waals surface area contributed by atoms with E-state index in [1.807, 2.05) is 45.6 Å². The van der Waals surface area contributed by atoms with E-state index in [0.29, 0.717) is 27.5 Å². The normalized spacial score (nSPS) is 22.8. The van der Waals surface area contributed by atoms with Gasteiger partial charge in [0.15, 0.2) is 16.1 Å². The van der Waals surface area contributed by atoms with Gasteiger partial charge in [-0.2, -0.15) is 0 Å². The number of aromatic nitrogens is 3. The summed E-state index contributed by atoms with van der Waals surface area (Å²) in [6.07, 6.45) is 5.43. The number of allylic oxidation sites excluding steroid dienone is 1. The van der Waals surface area contributed by atoms with Crippen molar-refractivity contribution in [3.8, 4) is 0 Å². The Hall–Kier alpha value is -1.65. The molecule has 184 valence electrons. The molecule has 34 heavy (non-hydrogen) atoms. The van der Waals surface area contributed by atoms with Crippen molar-refractivity contribution in [1.82, 2.24) is 19.9 Å². The molecular weight excluding hydrogens is 545 g/mol. The first-order valence-electron chi connectivity index (χ1n) is 11.3. The van der Waals surface area contributed by atoms with Crippen LogP contribution in [-0.2, 0) is 4.74 Å². The number of thioether (sulfide) groups is 1. The number of nitrogens with zero attached hydrogens (tertiary/aromatic N) is 5. The highest BCUT2D eigenvalue weighted by Crippen LogP contribution is 2.42. The lowest BCUT2D eigenvalue weighted by atomic mass is 10.0. The van der Waals surface area contributed by atoms with Crippen molar-refractivity contribution in [3.63, 3.8) is 0 Å². The second-order valence-corrected chi connectivity index (χ2v) is 11.7. The molecule has 2 aromatic rings. The van der Waals surface area contributed by atoms with E-state index in [9.17, 15) is 4.79 Å². The fourth-order valence-electron chi connectivity index (χ4n) is 4.71. The summed E-state index contributed by atoms with van der Waals surface area (Å²) >= 11 is 10.9. The number of amides is 1. The van der Waals surface area contributed by atoms with Crippen LogP contribution in [0, 0.1) is 5.82 Å². The quantitative estimate of drug-likeness (QED) is 0.186. The smallest absolute Gasteiger partial charge is 0.410 e. The van der Waals surface area contributed by atoms with Gasteiger partial charge in [-0.1, -0.05) is 42.4 Å². The number of hydrogen-bond donors (Lipinski definition) is 0. The second kappa shape index (κ2) is 9.78. The molecule has 0 aliphatic carbocycles. The summed E-state index contributed by atoms with van der Waals surface area (Å²) in [4.78, 5) is 30.5. The highest BCUT2D eigenvalue weighted by atomic mass is 79.9. The van der Waals surface area contributed by atoms with Crippen LogP contribution in [0.2, 0.25) is 5.15 Å². The lowest BCUT2D eigenvalue weighted by Crippen LogP contribution is -2.61. The highest BCUT2D eigenvalue weighted by molar-refractivity contribution is 9.10. The van der Waals surface area contributed by atoms with Crippen LogP contribution in [0.5, 0.6) is 0 Å². The number of halogens is 3. The van der Waals surface area contributed by atoms with Crippen molar-refractivity contribution in [2.45, 2.75) is 76.3 Å². The van der Waals surface area contributed by atoms with Gasteiger partial charge in [0.1, 0.15) is 21.5 Å². The molecule has 4 rings (SSSR count). The molecule has 0 radical (unpaired) electrons. The molecule has 0 saturated carbocycles. The third-order valence-electron chi connectivity index (χ3n) is 5.91. The van der Waals surface area contributed by atoms with E-state index >= 15 is 4.39 Å². The molecule has 4 heterocycles. The van der Waals surface area contributed by atoms with Gasteiger partial charge < -0.3 is 9.64 Å². The number of carbonyl (C=O) groups is 1. The third-order valence-corrected chi connectivity index (χ3v) is 7.46. The minimum atomic E-state index is -0.667. The highest BCUT2D eigenvalue weighted by Gasteiger charge is 2.49. The summed E-state index contributed by atoms with van der Waals surface area (Å²) in [5, 5.41) is 0.706. The van der Waals surface area contributed by atoms with E-state index in [0.717, 1.165) is 18.6 Å². The van der Waals surface area contributed by atoms with Gasteiger partial charge in [-0.05, 0) is 62.2 Å². The van der Waals surface area contributed by atoms with Gasteiger partial charge in [-0.25, -0.2) is 24.1 Å². The molecule has 0 spiro atoms. The number of anilines is 1. The fraction of sp³-hybridized carbons (Fsp3) is 0.565. The van der Waals surface area contributed by atoms with Crippen LogP contribution in [0.1, 0.15) is 47.5 Å². The van der Waals surface area contributed by atoms with E-state index in [4.69, 9.17) is 21.3 Å². The van der Waals surface area contributed by atoms with Gasteiger partial charge in [0.25, 0.3) is 0 Å². The van der Waals surface area contributed by atoms with Crippen molar-refractivity contribution in [1.29, 1.82) is 0 Å². The van der Waals surface area contributed by atoms with Gasteiger partial charge in [-0.15, -0.1) is 0 Å². The first-order valence-corrected chi connectivity index (χ1v) is 13.5. The van der Waals surface area contributed by atoms with Crippen molar-refractivity contribution in [3.05, 3.63) is 27.7 Å². The maximum absolute atomic E-state index is 15.1. The van der Waals surface area contributed by atoms with Crippen LogP contribution in [0.4, 0.5) is 15.0 Å². The number of ether oxygens (including phenoxy) is 1. The molecule has 2 bridgehead atoms. The molecule has 1 amide bonds. The maximum Gasteiger partial charge on any atom is 0.410 e. The van der Waals surface area contributed by atoms with Crippen molar-refractivity contribution < 1.29 is 13.9 Å². The van der Waals surface area contributed by atoms with Crippen molar-refractivity contribution in [2.24, 2.45) is 0 Å². The Balaban J connectivity index is 1.84. The summed E-state index contributed by atoms with van der Waals surface area (Å²) in [5.74, 6) is 0.654. The second-order valence-electron chi connectivity index (χ2n) is 9.35. The number of piperazine rings is 1.